The predicted octanol–water partition coefficient (Wildman–Crippen LogP) is 2.28. The van der Waals surface area contributed by atoms with E-state index >= 15 is 0 Å². The highest BCUT2D eigenvalue weighted by Gasteiger charge is 2.40. The van der Waals surface area contributed by atoms with Crippen LogP contribution in [0.25, 0.3) is 0 Å². The first kappa shape index (κ1) is 13.8. The summed E-state index contributed by atoms with van der Waals surface area (Å²) >= 11 is 0. The van der Waals surface area contributed by atoms with Gasteiger partial charge in [0, 0.05) is 11.6 Å². The number of carbonyl (C=O) groups is 1. The van der Waals surface area contributed by atoms with Crippen LogP contribution in [0.5, 0.6) is 0 Å². The lowest BCUT2D eigenvalue weighted by molar-refractivity contribution is -0.384. The van der Waals surface area contributed by atoms with Gasteiger partial charge in [0.15, 0.2) is 0 Å². The van der Waals surface area contributed by atoms with Crippen molar-refractivity contribution >= 4 is 17.3 Å². The van der Waals surface area contributed by atoms with Gasteiger partial charge in [-0.25, -0.2) is 0 Å². The molecule has 0 amide bonds. The fourth-order valence-electron chi connectivity index (χ4n) is 2.39. The van der Waals surface area contributed by atoms with Gasteiger partial charge in [-0.1, -0.05) is 0 Å². The van der Waals surface area contributed by atoms with Gasteiger partial charge >= 0.3 is 5.97 Å². The topological polar surface area (TPSA) is 116 Å². The van der Waals surface area contributed by atoms with Crippen molar-refractivity contribution in [2.75, 3.05) is 5.32 Å². The van der Waals surface area contributed by atoms with Gasteiger partial charge in [-0.15, -0.1) is 0 Å². The Kier molecular flexibility index (Phi) is 3.57. The summed E-state index contributed by atoms with van der Waals surface area (Å²) in [6.45, 7) is 0. The minimum Gasteiger partial charge on any atom is -0.481 e. The van der Waals surface area contributed by atoms with Gasteiger partial charge in [0.2, 0.25) is 0 Å². The molecule has 0 unspecified atom stereocenters. The summed E-state index contributed by atoms with van der Waals surface area (Å²) in [6.07, 6.45) is 2.08. The standard InChI is InChI=1S/C13H13N3O4/c14-8-9-2-3-11(16(19)20)10(6-9)15-13(4-1-5-13)7-12(17)18/h2-3,6,15H,1,4-5,7H2,(H,17,18). The monoisotopic (exact) mass is 275 g/mol. The molecule has 1 saturated carbocycles. The van der Waals surface area contributed by atoms with E-state index in [2.05, 4.69) is 5.32 Å². The zero-order chi connectivity index (χ0) is 14.8. The number of hydrogen-bond acceptors (Lipinski definition) is 5. The van der Waals surface area contributed by atoms with E-state index in [0.29, 0.717) is 18.4 Å². The quantitative estimate of drug-likeness (QED) is 0.629. The highest BCUT2D eigenvalue weighted by molar-refractivity contribution is 5.72. The Labute approximate surface area is 115 Å². The number of carboxylic acid groups (broad SMARTS) is 1. The predicted molar refractivity (Wildman–Crippen MR) is 70.3 cm³/mol. The van der Waals surface area contributed by atoms with Gasteiger partial charge < -0.3 is 10.4 Å². The van der Waals surface area contributed by atoms with Gasteiger partial charge in [-0.2, -0.15) is 5.26 Å². The van der Waals surface area contributed by atoms with Crippen molar-refractivity contribution in [2.45, 2.75) is 31.2 Å². The van der Waals surface area contributed by atoms with Crippen molar-refractivity contribution < 1.29 is 14.8 Å². The number of nitro groups is 1. The number of nitriles is 1. The second-order valence-corrected chi connectivity index (χ2v) is 4.93. The lowest BCUT2D eigenvalue weighted by Gasteiger charge is -2.42. The summed E-state index contributed by atoms with van der Waals surface area (Å²) in [5.74, 6) is -0.948. The summed E-state index contributed by atoms with van der Waals surface area (Å²) in [5.41, 5.74) is -0.302. The van der Waals surface area contributed by atoms with Gasteiger partial charge in [0.05, 0.1) is 23.0 Å². The highest BCUT2D eigenvalue weighted by Crippen LogP contribution is 2.40. The molecule has 0 bridgehead atoms. The molecule has 0 aliphatic heterocycles. The Hall–Kier alpha value is -2.62. The fourth-order valence-corrected chi connectivity index (χ4v) is 2.39. The Morgan fingerprint density at radius 3 is 2.70 bits per heavy atom. The van der Waals surface area contributed by atoms with Crippen LogP contribution < -0.4 is 5.32 Å². The van der Waals surface area contributed by atoms with Crippen molar-refractivity contribution in [3.05, 3.63) is 33.9 Å². The average molecular weight is 275 g/mol. The van der Waals surface area contributed by atoms with Gasteiger partial charge in [-0.05, 0) is 31.4 Å². The third-order valence-corrected chi connectivity index (χ3v) is 3.52. The zero-order valence-corrected chi connectivity index (χ0v) is 10.6. The van der Waals surface area contributed by atoms with Crippen molar-refractivity contribution in [2.24, 2.45) is 0 Å². The van der Waals surface area contributed by atoms with E-state index in [0.717, 1.165) is 6.42 Å². The Morgan fingerprint density at radius 1 is 1.55 bits per heavy atom. The van der Waals surface area contributed by atoms with Crippen molar-refractivity contribution in [3.8, 4) is 6.07 Å². The van der Waals surface area contributed by atoms with Crippen LogP contribution >= 0.6 is 0 Å². The molecule has 7 heteroatoms. The molecule has 104 valence electrons. The van der Waals surface area contributed by atoms with E-state index in [1.807, 2.05) is 6.07 Å². The zero-order valence-electron chi connectivity index (χ0n) is 10.6. The molecule has 0 radical (unpaired) electrons. The number of carboxylic acids is 1. The van der Waals surface area contributed by atoms with Crippen LogP contribution in [-0.2, 0) is 4.79 Å². The smallest absolute Gasteiger partial charge is 0.305 e. The molecule has 1 fully saturated rings. The molecule has 1 aromatic rings. The SMILES string of the molecule is N#Cc1ccc([N+](=O)[O-])c(NC2(CC(=O)O)CCC2)c1. The molecule has 1 aliphatic carbocycles. The molecule has 20 heavy (non-hydrogen) atoms. The molecular weight excluding hydrogens is 262 g/mol. The maximum Gasteiger partial charge on any atom is 0.305 e. The number of rotatable bonds is 5. The third kappa shape index (κ3) is 2.69. The number of nitrogens with zero attached hydrogens (tertiary/aromatic N) is 2. The van der Waals surface area contributed by atoms with Crippen LogP contribution in [0, 0.1) is 21.4 Å². The first-order valence-corrected chi connectivity index (χ1v) is 6.14. The molecule has 1 aromatic carbocycles. The second kappa shape index (κ2) is 5.17. The molecule has 2 N–H and O–H groups in total. The van der Waals surface area contributed by atoms with Crippen molar-refractivity contribution in [1.29, 1.82) is 5.26 Å². The highest BCUT2D eigenvalue weighted by atomic mass is 16.6. The van der Waals surface area contributed by atoms with Crippen LogP contribution in [0.1, 0.15) is 31.2 Å². The lowest BCUT2D eigenvalue weighted by atomic mass is 9.74. The van der Waals surface area contributed by atoms with Crippen LogP contribution in [0.4, 0.5) is 11.4 Å². The normalized spacial score (nSPS) is 15.8. The molecule has 1 aliphatic rings. The summed E-state index contributed by atoms with van der Waals surface area (Å²) in [5, 5.41) is 31.8. The summed E-state index contributed by atoms with van der Waals surface area (Å²) in [4.78, 5) is 21.4. The molecule has 0 aromatic heterocycles. The minimum atomic E-state index is -0.948. The number of aliphatic carboxylic acids is 1. The second-order valence-electron chi connectivity index (χ2n) is 4.93. The first-order chi connectivity index (χ1) is 9.46. The molecule has 0 heterocycles. The third-order valence-electron chi connectivity index (χ3n) is 3.52. The van der Waals surface area contributed by atoms with E-state index in [1.165, 1.54) is 18.2 Å². The average Bonchev–Trinajstić information content (AvgIpc) is 2.35. The molecular formula is C13H13N3O4. The maximum atomic E-state index is 11.0. The van der Waals surface area contributed by atoms with E-state index < -0.39 is 16.4 Å². The number of hydrogen-bond donors (Lipinski definition) is 2. The molecule has 0 saturated heterocycles. The van der Waals surface area contributed by atoms with Crippen molar-refractivity contribution in [3.63, 3.8) is 0 Å². The Morgan fingerprint density at radius 2 is 2.25 bits per heavy atom. The number of nitrogens with one attached hydrogen (secondary N) is 1. The van der Waals surface area contributed by atoms with Crippen LogP contribution in [0.3, 0.4) is 0 Å². The summed E-state index contributed by atoms with van der Waals surface area (Å²) in [6, 6.07) is 5.93. The Bertz CT molecular complexity index is 602. The van der Waals surface area contributed by atoms with E-state index in [1.54, 1.807) is 0 Å². The number of benzene rings is 1. The number of nitro benzene ring substituents is 1. The van der Waals surface area contributed by atoms with Crippen LogP contribution in [0.15, 0.2) is 18.2 Å². The Balaban J connectivity index is 2.33. The molecule has 7 nitrogen and oxygen atoms in total. The van der Waals surface area contributed by atoms with Crippen molar-refractivity contribution in [1.82, 2.24) is 0 Å². The van der Waals surface area contributed by atoms with E-state index in [9.17, 15) is 14.9 Å². The number of anilines is 1. The van der Waals surface area contributed by atoms with E-state index in [4.69, 9.17) is 10.4 Å². The largest absolute Gasteiger partial charge is 0.481 e. The molecule has 2 rings (SSSR count). The molecule has 0 spiro atoms. The van der Waals surface area contributed by atoms with E-state index in [-0.39, 0.29) is 17.8 Å². The fraction of sp³-hybridized carbons (Fsp3) is 0.385. The van der Waals surface area contributed by atoms with Crippen LogP contribution in [-0.4, -0.2) is 21.5 Å². The summed E-state index contributed by atoms with van der Waals surface area (Å²) < 4.78 is 0. The molecule has 0 atom stereocenters. The van der Waals surface area contributed by atoms with Gasteiger partial charge in [0.25, 0.3) is 5.69 Å². The maximum absolute atomic E-state index is 11.0. The lowest BCUT2D eigenvalue weighted by Crippen LogP contribution is -2.46. The van der Waals surface area contributed by atoms with Gasteiger partial charge in [0.1, 0.15) is 5.69 Å². The van der Waals surface area contributed by atoms with Gasteiger partial charge in [-0.3, -0.25) is 14.9 Å². The minimum absolute atomic E-state index is 0.0963. The summed E-state index contributed by atoms with van der Waals surface area (Å²) in [7, 11) is 0. The van der Waals surface area contributed by atoms with Crippen LogP contribution in [0.2, 0.25) is 0 Å². The first-order valence-electron chi connectivity index (χ1n) is 6.14.